The largest absolute Gasteiger partial charge is 0.354 e. The van der Waals surface area contributed by atoms with Crippen molar-refractivity contribution in [2.45, 2.75) is 19.3 Å². The zero-order valence-electron chi connectivity index (χ0n) is 9.03. The Hall–Kier alpha value is -1.03. The molecule has 0 atom stereocenters. The van der Waals surface area contributed by atoms with Gasteiger partial charge in [-0.25, -0.2) is 0 Å². The van der Waals surface area contributed by atoms with E-state index < -0.39 is 0 Å². The fourth-order valence-electron chi connectivity index (χ4n) is 1.23. The van der Waals surface area contributed by atoms with Gasteiger partial charge in [-0.1, -0.05) is 19.9 Å². The third-order valence-corrected chi connectivity index (χ3v) is 2.52. The van der Waals surface area contributed by atoms with Crippen LogP contribution in [0.25, 0.3) is 0 Å². The lowest BCUT2D eigenvalue weighted by Crippen LogP contribution is -2.37. The van der Waals surface area contributed by atoms with Gasteiger partial charge in [-0.05, 0) is 12.1 Å². The molecular formula is C11H16N2OS. The number of rotatable bonds is 4. The van der Waals surface area contributed by atoms with E-state index in [1.165, 1.54) is 0 Å². The van der Waals surface area contributed by atoms with Crippen LogP contribution in [-0.4, -0.2) is 23.2 Å². The van der Waals surface area contributed by atoms with Crippen LogP contribution in [0.4, 0.5) is 0 Å². The summed E-state index contributed by atoms with van der Waals surface area (Å²) in [5.41, 5.74) is 0.823. The van der Waals surface area contributed by atoms with Crippen molar-refractivity contribution in [1.82, 2.24) is 10.3 Å². The highest BCUT2D eigenvalue weighted by atomic mass is 32.1. The Labute approximate surface area is 95.7 Å². The first-order chi connectivity index (χ1) is 7.06. The number of carbonyl (C=O) groups is 1. The third-order valence-electron chi connectivity index (χ3n) is 2.23. The van der Waals surface area contributed by atoms with E-state index in [1.807, 2.05) is 32.0 Å². The minimum Gasteiger partial charge on any atom is -0.354 e. The maximum Gasteiger partial charge on any atom is 0.229 e. The Morgan fingerprint density at radius 1 is 1.53 bits per heavy atom. The summed E-state index contributed by atoms with van der Waals surface area (Å²) in [6, 6.07) is 5.79. The van der Waals surface area contributed by atoms with Crippen molar-refractivity contribution in [3.8, 4) is 0 Å². The molecule has 0 fully saturated rings. The Bertz CT molecular complexity index is 325. The van der Waals surface area contributed by atoms with Crippen molar-refractivity contribution in [3.63, 3.8) is 0 Å². The number of nitrogens with one attached hydrogen (secondary N) is 1. The average molecular weight is 224 g/mol. The Morgan fingerprint density at radius 2 is 2.27 bits per heavy atom. The zero-order valence-corrected chi connectivity index (χ0v) is 9.92. The first-order valence-electron chi connectivity index (χ1n) is 4.85. The first kappa shape index (κ1) is 12.0. The van der Waals surface area contributed by atoms with Crippen LogP contribution in [0, 0.1) is 0 Å². The predicted molar refractivity (Wildman–Crippen MR) is 64.1 cm³/mol. The molecule has 4 heteroatoms. The lowest BCUT2D eigenvalue weighted by atomic mass is 9.89. The van der Waals surface area contributed by atoms with Crippen LogP contribution in [-0.2, 0) is 10.2 Å². The van der Waals surface area contributed by atoms with Gasteiger partial charge in [-0.15, -0.1) is 0 Å². The summed E-state index contributed by atoms with van der Waals surface area (Å²) in [5.74, 6) is 0.167. The zero-order chi connectivity index (χ0) is 11.3. The van der Waals surface area contributed by atoms with Gasteiger partial charge in [0.15, 0.2) is 0 Å². The second-order valence-electron chi connectivity index (χ2n) is 4.03. The third kappa shape index (κ3) is 3.55. The molecule has 0 saturated carbocycles. The van der Waals surface area contributed by atoms with Crippen LogP contribution in [0.5, 0.6) is 0 Å². The molecule has 1 rings (SSSR count). The summed E-state index contributed by atoms with van der Waals surface area (Å²) in [5, 5.41) is 2.82. The number of carbonyl (C=O) groups excluding carboxylic acids is 1. The van der Waals surface area contributed by atoms with E-state index in [4.69, 9.17) is 0 Å². The van der Waals surface area contributed by atoms with Gasteiger partial charge in [0.1, 0.15) is 0 Å². The molecular weight excluding hydrogens is 208 g/mol. The van der Waals surface area contributed by atoms with Crippen molar-refractivity contribution in [3.05, 3.63) is 30.1 Å². The second kappa shape index (κ2) is 5.16. The molecule has 0 bridgehead atoms. The molecule has 0 unspecified atom stereocenters. The summed E-state index contributed by atoms with van der Waals surface area (Å²) in [4.78, 5) is 15.4. The van der Waals surface area contributed by atoms with Crippen LogP contribution in [0.1, 0.15) is 19.5 Å². The highest BCUT2D eigenvalue weighted by molar-refractivity contribution is 7.81. The van der Waals surface area contributed by atoms with Gasteiger partial charge in [0.05, 0.1) is 5.75 Å². The molecule has 1 heterocycles. The monoisotopic (exact) mass is 224 g/mol. The summed E-state index contributed by atoms with van der Waals surface area (Å²) in [7, 11) is 0. The Morgan fingerprint density at radius 3 is 2.80 bits per heavy atom. The molecule has 1 N–H and O–H groups in total. The highest BCUT2D eigenvalue weighted by Crippen LogP contribution is 2.19. The van der Waals surface area contributed by atoms with Gasteiger partial charge in [0, 0.05) is 23.9 Å². The molecule has 1 aromatic heterocycles. The number of pyridine rings is 1. The number of amides is 1. The van der Waals surface area contributed by atoms with E-state index >= 15 is 0 Å². The molecule has 15 heavy (non-hydrogen) atoms. The van der Waals surface area contributed by atoms with Gasteiger partial charge < -0.3 is 5.32 Å². The number of hydrogen-bond acceptors (Lipinski definition) is 3. The van der Waals surface area contributed by atoms with E-state index in [2.05, 4.69) is 22.9 Å². The first-order valence-corrected chi connectivity index (χ1v) is 5.48. The molecule has 1 aromatic rings. The summed E-state index contributed by atoms with van der Waals surface area (Å²) in [6.07, 6.45) is 1.76. The number of hydrogen-bond donors (Lipinski definition) is 2. The number of aromatic nitrogens is 1. The highest BCUT2D eigenvalue weighted by Gasteiger charge is 2.22. The fraction of sp³-hybridized carbons (Fsp3) is 0.455. The fourth-order valence-corrected chi connectivity index (χ4v) is 1.34. The summed E-state index contributed by atoms with van der Waals surface area (Å²) < 4.78 is 0. The SMILES string of the molecule is CC(C)(CNC(=O)CS)c1ccccn1. The molecule has 1 amide bonds. The molecule has 0 aliphatic carbocycles. The maximum absolute atomic E-state index is 11.1. The van der Waals surface area contributed by atoms with Gasteiger partial charge >= 0.3 is 0 Å². The molecule has 0 spiro atoms. The van der Waals surface area contributed by atoms with Gasteiger partial charge in [0.2, 0.25) is 5.91 Å². The van der Waals surface area contributed by atoms with Gasteiger partial charge in [-0.2, -0.15) is 12.6 Å². The minimum absolute atomic E-state index is 0.0534. The molecule has 82 valence electrons. The average Bonchev–Trinajstić information content (AvgIpc) is 2.27. The predicted octanol–water partition coefficient (Wildman–Crippen LogP) is 1.41. The van der Waals surface area contributed by atoms with E-state index in [0.717, 1.165) is 5.69 Å². The Balaban J connectivity index is 2.63. The van der Waals surface area contributed by atoms with Crippen LogP contribution in [0.15, 0.2) is 24.4 Å². The smallest absolute Gasteiger partial charge is 0.229 e. The molecule has 3 nitrogen and oxygen atoms in total. The number of nitrogens with zero attached hydrogens (tertiary/aromatic N) is 1. The van der Waals surface area contributed by atoms with Gasteiger partial charge in [-0.3, -0.25) is 9.78 Å². The van der Waals surface area contributed by atoms with E-state index in [0.29, 0.717) is 6.54 Å². The lowest BCUT2D eigenvalue weighted by molar-refractivity contribution is -0.118. The topological polar surface area (TPSA) is 42.0 Å². The van der Waals surface area contributed by atoms with Crippen LogP contribution >= 0.6 is 12.6 Å². The maximum atomic E-state index is 11.1. The summed E-state index contributed by atoms with van der Waals surface area (Å²) >= 11 is 3.90. The van der Waals surface area contributed by atoms with Crippen LogP contribution in [0.2, 0.25) is 0 Å². The summed E-state index contributed by atoms with van der Waals surface area (Å²) in [6.45, 7) is 4.67. The van der Waals surface area contributed by atoms with Crippen molar-refractivity contribution in [1.29, 1.82) is 0 Å². The quantitative estimate of drug-likeness (QED) is 0.759. The van der Waals surface area contributed by atoms with Crippen molar-refractivity contribution >= 4 is 18.5 Å². The van der Waals surface area contributed by atoms with Gasteiger partial charge in [0.25, 0.3) is 0 Å². The van der Waals surface area contributed by atoms with E-state index in [-0.39, 0.29) is 17.1 Å². The minimum atomic E-state index is -0.153. The Kier molecular flexibility index (Phi) is 4.15. The van der Waals surface area contributed by atoms with Crippen molar-refractivity contribution in [2.24, 2.45) is 0 Å². The number of thiol groups is 1. The second-order valence-corrected chi connectivity index (χ2v) is 4.35. The van der Waals surface area contributed by atoms with Crippen LogP contribution < -0.4 is 5.32 Å². The van der Waals surface area contributed by atoms with E-state index in [1.54, 1.807) is 6.20 Å². The molecule has 0 aromatic carbocycles. The van der Waals surface area contributed by atoms with Crippen molar-refractivity contribution < 1.29 is 4.79 Å². The standard InChI is InChI=1S/C11H16N2OS/c1-11(2,8-13-10(14)7-15)9-5-3-4-6-12-9/h3-6,15H,7-8H2,1-2H3,(H,13,14). The molecule has 0 aliphatic heterocycles. The molecule has 0 saturated heterocycles. The lowest BCUT2D eigenvalue weighted by Gasteiger charge is -2.24. The molecule has 0 radical (unpaired) electrons. The normalized spacial score (nSPS) is 11.1. The van der Waals surface area contributed by atoms with Crippen molar-refractivity contribution in [2.75, 3.05) is 12.3 Å². The van der Waals surface area contributed by atoms with Crippen LogP contribution in [0.3, 0.4) is 0 Å². The molecule has 0 aliphatic rings. The van der Waals surface area contributed by atoms with E-state index in [9.17, 15) is 4.79 Å².